The van der Waals surface area contributed by atoms with Crippen molar-refractivity contribution in [2.45, 2.75) is 0 Å². The summed E-state index contributed by atoms with van der Waals surface area (Å²) in [6.45, 7) is 0. The highest BCUT2D eigenvalue weighted by molar-refractivity contribution is 5.86. The van der Waals surface area contributed by atoms with Crippen molar-refractivity contribution >= 4 is 29.7 Å². The van der Waals surface area contributed by atoms with Crippen LogP contribution in [-0.2, 0) is 0 Å². The summed E-state index contributed by atoms with van der Waals surface area (Å²) in [7, 11) is 0. The second-order valence-electron chi connectivity index (χ2n) is 5.11. The fourth-order valence-corrected chi connectivity index (χ4v) is 2.06. The van der Waals surface area contributed by atoms with Gasteiger partial charge in [0.15, 0.2) is 5.76 Å². The summed E-state index contributed by atoms with van der Waals surface area (Å²) in [6, 6.07) is 9.20. The second kappa shape index (κ2) is 7.31. The first-order chi connectivity index (χ1) is 12.9. The van der Waals surface area contributed by atoms with Crippen LogP contribution in [0.25, 0.3) is 0 Å². The van der Waals surface area contributed by atoms with Crippen LogP contribution in [0.4, 0.5) is 17.3 Å². The monoisotopic (exact) mass is 369 g/mol. The molecule has 0 radical (unpaired) electrons. The molecule has 0 spiro atoms. The number of benzene rings is 1. The quantitative estimate of drug-likeness (QED) is 0.352. The Labute approximate surface area is 149 Å². The molecule has 27 heavy (non-hydrogen) atoms. The largest absolute Gasteiger partial charge is 0.494 e. The number of hydrogen-bond acceptors (Lipinski definition) is 8. The smallest absolute Gasteiger partial charge is 0.433 e. The van der Waals surface area contributed by atoms with E-state index in [2.05, 4.69) is 9.98 Å². The van der Waals surface area contributed by atoms with Gasteiger partial charge in [0, 0.05) is 6.21 Å². The Bertz CT molecular complexity index is 1170. The lowest BCUT2D eigenvalue weighted by molar-refractivity contribution is -0.402. The third kappa shape index (κ3) is 4.04. The Morgan fingerprint density at radius 2 is 1.70 bits per heavy atom. The van der Waals surface area contributed by atoms with Gasteiger partial charge in [-0.15, -0.1) is 0 Å². The van der Waals surface area contributed by atoms with Gasteiger partial charge >= 0.3 is 11.6 Å². The van der Waals surface area contributed by atoms with Gasteiger partial charge in [0.1, 0.15) is 10.5 Å². The Morgan fingerprint density at radius 1 is 1.04 bits per heavy atom. The average Bonchev–Trinajstić information content (AvgIpc) is 3.09. The normalized spacial score (nSPS) is 11.4. The van der Waals surface area contributed by atoms with Crippen molar-refractivity contribution < 1.29 is 14.4 Å². The lowest BCUT2D eigenvalue weighted by Gasteiger charge is -2.00. The number of para-hydroxylation sites is 2. The van der Waals surface area contributed by atoms with E-state index in [0.29, 0.717) is 11.4 Å². The molecule has 136 valence electrons. The highest BCUT2D eigenvalue weighted by atomic mass is 16.6. The first-order valence-corrected chi connectivity index (χ1v) is 7.41. The molecule has 2 heterocycles. The molecule has 0 atom stereocenters. The number of hydrogen-bond donors (Lipinski definition) is 3. The van der Waals surface area contributed by atoms with Gasteiger partial charge in [0.25, 0.3) is 5.56 Å². The molecular weight excluding hydrogens is 358 g/mol. The summed E-state index contributed by atoms with van der Waals surface area (Å²) >= 11 is 0. The summed E-state index contributed by atoms with van der Waals surface area (Å²) in [5.41, 5.74) is -1.14. The van der Waals surface area contributed by atoms with Gasteiger partial charge in [-0.25, -0.2) is 4.79 Å². The number of H-pyrrole nitrogens is 2. The van der Waals surface area contributed by atoms with Crippen molar-refractivity contribution in [3.8, 4) is 5.88 Å². The molecule has 1 aromatic carbocycles. The topological polar surface area (TPSA) is 167 Å². The van der Waals surface area contributed by atoms with Crippen LogP contribution < -0.4 is 11.2 Å². The molecule has 0 saturated carbocycles. The van der Waals surface area contributed by atoms with Gasteiger partial charge in [-0.1, -0.05) is 12.1 Å². The zero-order chi connectivity index (χ0) is 19.4. The van der Waals surface area contributed by atoms with Gasteiger partial charge in [-0.2, -0.15) is 0 Å². The number of nitro groups is 1. The van der Waals surface area contributed by atoms with Crippen LogP contribution in [0.3, 0.4) is 0 Å². The van der Waals surface area contributed by atoms with Crippen LogP contribution in [0.1, 0.15) is 11.3 Å². The van der Waals surface area contributed by atoms with Crippen molar-refractivity contribution in [3.05, 3.63) is 78.7 Å². The maximum absolute atomic E-state index is 11.7. The van der Waals surface area contributed by atoms with Crippen LogP contribution in [0.15, 0.2) is 60.4 Å². The molecule has 0 bridgehead atoms. The van der Waals surface area contributed by atoms with Crippen molar-refractivity contribution in [1.82, 2.24) is 9.97 Å². The molecule has 0 aliphatic heterocycles. The van der Waals surface area contributed by atoms with E-state index in [1.807, 2.05) is 9.97 Å². The molecule has 11 heteroatoms. The first-order valence-electron chi connectivity index (χ1n) is 7.41. The van der Waals surface area contributed by atoms with Crippen LogP contribution in [0, 0.1) is 10.1 Å². The van der Waals surface area contributed by atoms with Crippen LogP contribution >= 0.6 is 0 Å². The van der Waals surface area contributed by atoms with Gasteiger partial charge in [-0.3, -0.25) is 34.9 Å². The van der Waals surface area contributed by atoms with Crippen molar-refractivity contribution in [1.29, 1.82) is 0 Å². The van der Waals surface area contributed by atoms with Crippen LogP contribution in [-0.4, -0.2) is 32.4 Å². The Morgan fingerprint density at radius 3 is 2.30 bits per heavy atom. The molecule has 11 nitrogen and oxygen atoms in total. The molecule has 0 aliphatic rings. The molecule has 0 aliphatic carbocycles. The van der Waals surface area contributed by atoms with E-state index in [-0.39, 0.29) is 11.3 Å². The Balaban J connectivity index is 1.90. The van der Waals surface area contributed by atoms with E-state index in [4.69, 9.17) is 4.42 Å². The molecule has 3 rings (SSSR count). The fourth-order valence-electron chi connectivity index (χ4n) is 2.06. The van der Waals surface area contributed by atoms with Crippen LogP contribution in [0.2, 0.25) is 0 Å². The van der Waals surface area contributed by atoms with Gasteiger partial charge in [-0.05, 0) is 18.2 Å². The number of furan rings is 1. The number of aromatic amines is 2. The minimum Gasteiger partial charge on any atom is -0.494 e. The molecule has 0 saturated heterocycles. The minimum atomic E-state index is -0.841. The number of nitrogens with one attached hydrogen (secondary N) is 2. The van der Waals surface area contributed by atoms with E-state index in [1.165, 1.54) is 18.3 Å². The molecular formula is C16H11N5O6. The van der Waals surface area contributed by atoms with Crippen molar-refractivity contribution in [2.24, 2.45) is 9.98 Å². The number of aliphatic imine (C=N–C) groups is 2. The number of aromatic hydroxyl groups is 1. The van der Waals surface area contributed by atoms with Gasteiger partial charge in [0.05, 0.1) is 23.7 Å². The number of nitrogens with zero attached hydrogens (tertiary/aromatic N) is 3. The first kappa shape index (κ1) is 17.5. The Kier molecular flexibility index (Phi) is 4.75. The summed E-state index contributed by atoms with van der Waals surface area (Å²) in [5, 5.41) is 20.3. The summed E-state index contributed by atoms with van der Waals surface area (Å²) < 4.78 is 4.98. The summed E-state index contributed by atoms with van der Waals surface area (Å²) in [6.07, 6.45) is 2.36. The van der Waals surface area contributed by atoms with E-state index >= 15 is 0 Å². The summed E-state index contributed by atoms with van der Waals surface area (Å²) in [5.74, 6) is -0.845. The number of aromatic nitrogens is 2. The molecule has 3 N–H and O–H groups in total. The fraction of sp³-hybridized carbons (Fsp3) is 0. The van der Waals surface area contributed by atoms with Crippen LogP contribution in [0.5, 0.6) is 5.88 Å². The summed E-state index contributed by atoms with van der Waals surface area (Å²) in [4.78, 5) is 45.0. The maximum Gasteiger partial charge on any atom is 0.433 e. The van der Waals surface area contributed by atoms with E-state index in [0.717, 1.165) is 6.21 Å². The molecule has 0 fully saturated rings. The third-order valence-electron chi connectivity index (χ3n) is 3.30. The average molecular weight is 369 g/mol. The molecule has 0 amide bonds. The minimum absolute atomic E-state index is 0.176. The lowest BCUT2D eigenvalue weighted by atomic mass is 10.2. The lowest BCUT2D eigenvalue weighted by Crippen LogP contribution is -2.24. The zero-order valence-corrected chi connectivity index (χ0v) is 13.4. The second-order valence-corrected chi connectivity index (χ2v) is 5.11. The van der Waals surface area contributed by atoms with Crippen molar-refractivity contribution in [2.75, 3.05) is 0 Å². The highest BCUT2D eigenvalue weighted by Crippen LogP contribution is 2.27. The SMILES string of the molecule is O=c1[nH]c(O)c(C=Nc2ccccc2N=Cc2ccc([N+](=O)[O-])o2)c(=O)[nH]1. The molecule has 2 aromatic heterocycles. The maximum atomic E-state index is 11.7. The number of rotatable bonds is 5. The van der Waals surface area contributed by atoms with Gasteiger partial charge < -0.3 is 9.52 Å². The molecule has 0 unspecified atom stereocenters. The Hall–Kier alpha value is -4.28. The zero-order valence-electron chi connectivity index (χ0n) is 13.4. The predicted molar refractivity (Wildman–Crippen MR) is 95.7 cm³/mol. The van der Waals surface area contributed by atoms with E-state index in [1.54, 1.807) is 24.3 Å². The van der Waals surface area contributed by atoms with Crippen molar-refractivity contribution in [3.63, 3.8) is 0 Å². The highest BCUT2D eigenvalue weighted by Gasteiger charge is 2.10. The third-order valence-corrected chi connectivity index (χ3v) is 3.30. The molecule has 3 aromatic rings. The standard InChI is InChI=1S/C16H11N5O6/c22-14-10(15(23)20-16(24)19-14)8-18-12-4-2-1-3-11(12)17-7-9-5-6-13(27-9)21(25)26/h1-8H,(H3,19,20,22,23,24). The van der Waals surface area contributed by atoms with E-state index in [9.17, 15) is 24.8 Å². The van der Waals surface area contributed by atoms with E-state index < -0.39 is 27.9 Å². The predicted octanol–water partition coefficient (Wildman–Crippen LogP) is 1.77. The van der Waals surface area contributed by atoms with Gasteiger partial charge in [0.2, 0.25) is 5.88 Å².